The molecule has 1 saturated heterocycles. The fraction of sp³-hybridized carbons (Fsp3) is 0.429. The fourth-order valence-electron chi connectivity index (χ4n) is 2.07. The van der Waals surface area contributed by atoms with Crippen molar-refractivity contribution in [2.75, 3.05) is 19.7 Å². The molecule has 5 nitrogen and oxygen atoms in total. The van der Waals surface area contributed by atoms with Crippen molar-refractivity contribution >= 4 is 12.0 Å². The standard InChI is InChI=1S/C14H17FN2O3/c1-14(2,17-6-7-20-13(17)19)9-16-12(18)10-4-3-5-11(15)8-10/h3-5,8H,6-7,9H2,1-2H3,(H,16,18). The van der Waals surface area contributed by atoms with E-state index in [2.05, 4.69) is 5.32 Å². The highest BCUT2D eigenvalue weighted by atomic mass is 19.1. The van der Waals surface area contributed by atoms with Gasteiger partial charge in [0, 0.05) is 12.1 Å². The van der Waals surface area contributed by atoms with Gasteiger partial charge in [-0.3, -0.25) is 9.69 Å². The molecule has 2 amide bonds. The first-order valence-electron chi connectivity index (χ1n) is 6.38. The van der Waals surface area contributed by atoms with Gasteiger partial charge in [0.05, 0.1) is 12.1 Å². The third-order valence-electron chi connectivity index (χ3n) is 3.26. The summed E-state index contributed by atoms with van der Waals surface area (Å²) in [6.07, 6.45) is -0.380. The third-order valence-corrected chi connectivity index (χ3v) is 3.26. The lowest BCUT2D eigenvalue weighted by Crippen LogP contribution is -2.52. The van der Waals surface area contributed by atoms with Crippen LogP contribution in [0.25, 0.3) is 0 Å². The van der Waals surface area contributed by atoms with Gasteiger partial charge >= 0.3 is 6.09 Å². The van der Waals surface area contributed by atoms with Crippen molar-refractivity contribution in [3.8, 4) is 0 Å². The molecule has 0 unspecified atom stereocenters. The van der Waals surface area contributed by atoms with E-state index in [-0.39, 0.29) is 24.1 Å². The lowest BCUT2D eigenvalue weighted by Gasteiger charge is -2.33. The fourth-order valence-corrected chi connectivity index (χ4v) is 2.07. The normalized spacial score (nSPS) is 15.2. The monoisotopic (exact) mass is 280 g/mol. The second kappa shape index (κ2) is 5.48. The molecule has 0 atom stereocenters. The highest BCUT2D eigenvalue weighted by molar-refractivity contribution is 5.94. The van der Waals surface area contributed by atoms with Gasteiger partial charge in [-0.25, -0.2) is 9.18 Å². The molecule has 1 aliphatic heterocycles. The highest BCUT2D eigenvalue weighted by Crippen LogP contribution is 2.18. The second-order valence-corrected chi connectivity index (χ2v) is 5.27. The van der Waals surface area contributed by atoms with E-state index in [1.807, 2.05) is 13.8 Å². The maximum Gasteiger partial charge on any atom is 0.410 e. The number of nitrogens with one attached hydrogen (secondary N) is 1. The van der Waals surface area contributed by atoms with Crippen molar-refractivity contribution < 1.29 is 18.7 Å². The Hall–Kier alpha value is -2.11. The quantitative estimate of drug-likeness (QED) is 0.914. The molecule has 0 saturated carbocycles. The predicted octanol–water partition coefficient (Wildman–Crippen LogP) is 1.79. The minimum absolute atomic E-state index is 0.254. The van der Waals surface area contributed by atoms with Crippen molar-refractivity contribution in [2.24, 2.45) is 0 Å². The molecular formula is C14H17FN2O3. The number of hydrogen-bond acceptors (Lipinski definition) is 3. The van der Waals surface area contributed by atoms with Gasteiger partial charge in [0.15, 0.2) is 0 Å². The first-order chi connectivity index (χ1) is 9.40. The van der Waals surface area contributed by atoms with Crippen LogP contribution in [0, 0.1) is 5.82 Å². The summed E-state index contributed by atoms with van der Waals surface area (Å²) in [5, 5.41) is 2.71. The predicted molar refractivity (Wildman–Crippen MR) is 70.9 cm³/mol. The van der Waals surface area contributed by atoms with Crippen LogP contribution in [0.3, 0.4) is 0 Å². The molecule has 1 fully saturated rings. The molecule has 108 valence electrons. The SMILES string of the molecule is CC(C)(CNC(=O)c1cccc(F)c1)N1CCOC1=O. The first-order valence-corrected chi connectivity index (χ1v) is 6.38. The maximum absolute atomic E-state index is 13.0. The van der Waals surface area contributed by atoms with Gasteiger partial charge in [0.25, 0.3) is 5.91 Å². The Kier molecular flexibility index (Phi) is 3.92. The van der Waals surface area contributed by atoms with Crippen LogP contribution in [0.15, 0.2) is 24.3 Å². The number of benzene rings is 1. The van der Waals surface area contributed by atoms with Crippen molar-refractivity contribution in [3.05, 3.63) is 35.6 Å². The average molecular weight is 280 g/mol. The summed E-state index contributed by atoms with van der Waals surface area (Å²) in [7, 11) is 0. The summed E-state index contributed by atoms with van der Waals surface area (Å²) in [5.74, 6) is -0.829. The minimum Gasteiger partial charge on any atom is -0.448 e. The van der Waals surface area contributed by atoms with Crippen molar-refractivity contribution in [1.82, 2.24) is 10.2 Å². The van der Waals surface area contributed by atoms with Crippen molar-refractivity contribution in [2.45, 2.75) is 19.4 Å². The van der Waals surface area contributed by atoms with Crippen molar-refractivity contribution in [3.63, 3.8) is 0 Å². The Bertz CT molecular complexity index is 531. The molecule has 1 aliphatic rings. The van der Waals surface area contributed by atoms with E-state index in [0.717, 1.165) is 0 Å². The zero-order valence-corrected chi connectivity index (χ0v) is 11.5. The number of carbonyl (C=O) groups excluding carboxylic acids is 2. The number of hydrogen-bond donors (Lipinski definition) is 1. The first kappa shape index (κ1) is 14.3. The molecule has 0 aromatic heterocycles. The van der Waals surface area contributed by atoms with Crippen molar-refractivity contribution in [1.29, 1.82) is 0 Å². The lowest BCUT2D eigenvalue weighted by atomic mass is 10.0. The number of rotatable bonds is 4. The van der Waals surface area contributed by atoms with Gasteiger partial charge in [-0.15, -0.1) is 0 Å². The average Bonchev–Trinajstić information content (AvgIpc) is 2.83. The van der Waals surface area contributed by atoms with Crippen LogP contribution >= 0.6 is 0 Å². The summed E-state index contributed by atoms with van der Waals surface area (Å²) in [5.41, 5.74) is -0.305. The van der Waals surface area contributed by atoms with Crippen LogP contribution < -0.4 is 5.32 Å². The number of nitrogens with zero attached hydrogens (tertiary/aromatic N) is 1. The van der Waals surface area contributed by atoms with Crippen LogP contribution in [0.5, 0.6) is 0 Å². The summed E-state index contributed by atoms with van der Waals surface area (Å²) in [6.45, 7) is 4.80. The van der Waals surface area contributed by atoms with Gasteiger partial charge in [0.1, 0.15) is 12.4 Å². The molecular weight excluding hydrogens is 263 g/mol. The maximum atomic E-state index is 13.0. The molecule has 0 spiro atoms. The van der Waals surface area contributed by atoms with E-state index < -0.39 is 11.4 Å². The molecule has 0 aliphatic carbocycles. The Balaban J connectivity index is 1.97. The van der Waals surface area contributed by atoms with E-state index in [9.17, 15) is 14.0 Å². The third kappa shape index (κ3) is 3.07. The lowest BCUT2D eigenvalue weighted by molar-refractivity contribution is 0.0902. The zero-order chi connectivity index (χ0) is 14.8. The molecule has 0 bridgehead atoms. The summed E-state index contributed by atoms with van der Waals surface area (Å²) < 4.78 is 17.9. The smallest absolute Gasteiger partial charge is 0.410 e. The highest BCUT2D eigenvalue weighted by Gasteiger charge is 2.35. The van der Waals surface area contributed by atoms with Gasteiger partial charge in [-0.1, -0.05) is 6.07 Å². The van der Waals surface area contributed by atoms with Crippen LogP contribution in [0.1, 0.15) is 24.2 Å². The second-order valence-electron chi connectivity index (χ2n) is 5.27. The minimum atomic E-state index is -0.559. The summed E-state index contributed by atoms with van der Waals surface area (Å²) in [4.78, 5) is 25.0. The molecule has 1 heterocycles. The van der Waals surface area contributed by atoms with Crippen LogP contribution in [0.2, 0.25) is 0 Å². The zero-order valence-electron chi connectivity index (χ0n) is 11.5. The number of halogens is 1. The Labute approximate surface area is 116 Å². The largest absolute Gasteiger partial charge is 0.448 e. The van der Waals surface area contributed by atoms with Gasteiger partial charge < -0.3 is 10.1 Å². The number of carbonyl (C=O) groups is 2. The molecule has 1 aromatic carbocycles. The van der Waals surface area contributed by atoms with Gasteiger partial charge in [0.2, 0.25) is 0 Å². The van der Waals surface area contributed by atoms with E-state index in [1.165, 1.54) is 24.3 Å². The number of cyclic esters (lactones) is 1. The summed E-state index contributed by atoms with van der Waals surface area (Å²) >= 11 is 0. The molecule has 1 aromatic rings. The molecule has 20 heavy (non-hydrogen) atoms. The van der Waals surface area contributed by atoms with Crippen LogP contribution in [-0.2, 0) is 4.74 Å². The number of amides is 2. The number of ether oxygens (including phenoxy) is 1. The Morgan fingerprint density at radius 2 is 2.25 bits per heavy atom. The summed E-state index contributed by atoms with van der Waals surface area (Å²) in [6, 6.07) is 5.47. The van der Waals surface area contributed by atoms with Crippen LogP contribution in [0.4, 0.5) is 9.18 Å². The van der Waals surface area contributed by atoms with Crippen LogP contribution in [-0.4, -0.2) is 42.1 Å². The molecule has 1 N–H and O–H groups in total. The Morgan fingerprint density at radius 1 is 1.50 bits per heavy atom. The van der Waals surface area contributed by atoms with Gasteiger partial charge in [-0.2, -0.15) is 0 Å². The Morgan fingerprint density at radius 3 is 2.85 bits per heavy atom. The van der Waals surface area contributed by atoms with E-state index in [0.29, 0.717) is 13.2 Å². The van der Waals surface area contributed by atoms with E-state index in [1.54, 1.807) is 4.90 Å². The van der Waals surface area contributed by atoms with Gasteiger partial charge in [-0.05, 0) is 32.0 Å². The van der Waals surface area contributed by atoms with E-state index >= 15 is 0 Å². The van der Waals surface area contributed by atoms with E-state index in [4.69, 9.17) is 4.74 Å². The molecule has 6 heteroatoms. The topological polar surface area (TPSA) is 58.6 Å². The molecule has 2 rings (SSSR count). The molecule has 0 radical (unpaired) electrons.